The third-order valence-electron chi connectivity index (χ3n) is 8.13. The van der Waals surface area contributed by atoms with Crippen molar-refractivity contribution in [3.05, 3.63) is 60.2 Å². The van der Waals surface area contributed by atoms with E-state index in [0.717, 1.165) is 5.56 Å². The third-order valence-corrected chi connectivity index (χ3v) is 11.3. The zero-order valence-corrected chi connectivity index (χ0v) is 26.2. The minimum absolute atomic E-state index is 0.0424. The lowest BCUT2D eigenvalue weighted by Crippen LogP contribution is -2.59. The molecule has 3 saturated heterocycles. The number of amides is 3. The molecule has 3 fully saturated rings. The van der Waals surface area contributed by atoms with Crippen LogP contribution in [0.4, 0.5) is 5.69 Å². The summed E-state index contributed by atoms with van der Waals surface area (Å²) in [4.78, 5) is 43.9. The summed E-state index contributed by atoms with van der Waals surface area (Å²) in [6, 6.07) is 15.4. The summed E-state index contributed by atoms with van der Waals surface area (Å²) in [6.45, 7) is 7.90. The van der Waals surface area contributed by atoms with Crippen molar-refractivity contribution in [1.82, 2.24) is 10.2 Å². The maximum atomic E-state index is 14.4. The van der Waals surface area contributed by atoms with Gasteiger partial charge >= 0.3 is 0 Å². The Labute approximate surface area is 254 Å². The summed E-state index contributed by atoms with van der Waals surface area (Å²) in [5.74, 6) is -1.34. The van der Waals surface area contributed by atoms with Crippen LogP contribution in [-0.2, 0) is 20.8 Å². The number of nitrogens with zero attached hydrogens (tertiary/aromatic N) is 1. The minimum atomic E-state index is -0.821. The zero-order chi connectivity index (χ0) is 29.5. The summed E-state index contributed by atoms with van der Waals surface area (Å²) < 4.78 is 4.72. The molecule has 8 nitrogen and oxygen atoms in total. The molecule has 220 valence electrons. The molecule has 2 bridgehead atoms. The predicted octanol–water partition coefficient (Wildman–Crippen LogP) is 4.01. The summed E-state index contributed by atoms with van der Waals surface area (Å²) in [6.07, 6.45) is 0.980. The lowest BCUT2D eigenvalue weighted by Gasteiger charge is -2.39. The molecular formula is C31H38BrN3O5S. The van der Waals surface area contributed by atoms with Crippen LogP contribution in [0.3, 0.4) is 0 Å². The minimum Gasteiger partial charge on any atom is -0.494 e. The Bertz CT molecular complexity index is 1290. The highest BCUT2D eigenvalue weighted by Crippen LogP contribution is 2.68. The number of benzene rings is 2. The highest BCUT2D eigenvalue weighted by Gasteiger charge is 2.76. The van der Waals surface area contributed by atoms with E-state index >= 15 is 0 Å². The molecule has 2 aromatic rings. The van der Waals surface area contributed by atoms with Gasteiger partial charge in [-0.15, -0.1) is 11.8 Å². The number of hydrogen-bond donors (Lipinski definition) is 3. The quantitative estimate of drug-likeness (QED) is 0.357. The van der Waals surface area contributed by atoms with Crippen LogP contribution in [-0.4, -0.2) is 73.4 Å². The summed E-state index contributed by atoms with van der Waals surface area (Å²) in [7, 11) is 0. The van der Waals surface area contributed by atoms with Crippen LogP contribution in [0.5, 0.6) is 5.75 Å². The SMILES string of the molecule is CCOc1ccc(NC(=O)[C@H]2[C@@H]3SC4(CC3Br)C(C(=O)NC(C)(C)C)N([C@@H](CO)Cc3ccccc3)C(=O)[C@H]24)cc1. The van der Waals surface area contributed by atoms with E-state index in [4.69, 9.17) is 4.74 Å². The molecule has 0 aromatic heterocycles. The van der Waals surface area contributed by atoms with Crippen LogP contribution in [0.1, 0.15) is 39.7 Å². The first-order valence-corrected chi connectivity index (χ1v) is 15.9. The van der Waals surface area contributed by atoms with Gasteiger partial charge in [-0.3, -0.25) is 14.4 Å². The molecule has 3 amide bonds. The van der Waals surface area contributed by atoms with E-state index in [0.29, 0.717) is 30.9 Å². The van der Waals surface area contributed by atoms with Crippen molar-refractivity contribution in [3.63, 3.8) is 0 Å². The second kappa shape index (κ2) is 11.6. The van der Waals surface area contributed by atoms with Gasteiger partial charge in [-0.2, -0.15) is 0 Å². The lowest BCUT2D eigenvalue weighted by molar-refractivity contribution is -0.142. The maximum Gasteiger partial charge on any atom is 0.244 e. The van der Waals surface area contributed by atoms with Crippen molar-refractivity contribution in [2.24, 2.45) is 11.8 Å². The van der Waals surface area contributed by atoms with Gasteiger partial charge in [0.05, 0.1) is 35.8 Å². The van der Waals surface area contributed by atoms with Gasteiger partial charge in [0.25, 0.3) is 0 Å². The van der Waals surface area contributed by atoms with E-state index in [1.54, 1.807) is 40.9 Å². The average Bonchev–Trinajstić information content (AvgIpc) is 3.51. The molecule has 41 heavy (non-hydrogen) atoms. The number of aliphatic hydroxyl groups is 1. The molecule has 3 unspecified atom stereocenters. The molecule has 0 aliphatic carbocycles. The molecule has 3 aliphatic heterocycles. The molecule has 10 heteroatoms. The monoisotopic (exact) mass is 643 g/mol. The average molecular weight is 645 g/mol. The maximum absolute atomic E-state index is 14.4. The Morgan fingerprint density at radius 3 is 2.44 bits per heavy atom. The predicted molar refractivity (Wildman–Crippen MR) is 164 cm³/mol. The van der Waals surface area contributed by atoms with Crippen LogP contribution in [0.2, 0.25) is 0 Å². The van der Waals surface area contributed by atoms with Gasteiger partial charge in [-0.25, -0.2) is 0 Å². The van der Waals surface area contributed by atoms with Crippen molar-refractivity contribution in [2.45, 2.75) is 73.0 Å². The Kier molecular flexibility index (Phi) is 8.47. The number of aliphatic hydroxyl groups excluding tert-OH is 1. The van der Waals surface area contributed by atoms with Gasteiger partial charge in [-0.1, -0.05) is 46.3 Å². The summed E-state index contributed by atoms with van der Waals surface area (Å²) >= 11 is 5.39. The highest BCUT2D eigenvalue weighted by atomic mass is 79.9. The lowest BCUT2D eigenvalue weighted by atomic mass is 9.70. The van der Waals surface area contributed by atoms with Crippen LogP contribution < -0.4 is 15.4 Å². The Morgan fingerprint density at radius 2 is 1.83 bits per heavy atom. The Hall–Kier alpha value is -2.56. The van der Waals surface area contributed by atoms with Crippen LogP contribution in [0.15, 0.2) is 54.6 Å². The number of ether oxygens (including phenoxy) is 1. The van der Waals surface area contributed by atoms with Gasteiger partial charge in [0.15, 0.2) is 0 Å². The Balaban J connectivity index is 1.50. The number of likely N-dealkylation sites (tertiary alicyclic amines) is 1. The number of alkyl halides is 1. The van der Waals surface area contributed by atoms with Gasteiger partial charge in [0.1, 0.15) is 11.8 Å². The third kappa shape index (κ3) is 5.62. The number of thioether (sulfide) groups is 1. The van der Waals surface area contributed by atoms with Gasteiger partial charge in [0, 0.05) is 21.3 Å². The highest BCUT2D eigenvalue weighted by molar-refractivity contribution is 9.09. The number of carbonyl (C=O) groups excluding carboxylic acids is 3. The molecule has 3 N–H and O–H groups in total. The second-order valence-electron chi connectivity index (χ2n) is 12.1. The number of carbonyl (C=O) groups is 3. The van der Waals surface area contributed by atoms with Crippen LogP contribution in [0.25, 0.3) is 0 Å². The largest absolute Gasteiger partial charge is 0.494 e. The number of halogens is 1. The molecule has 5 rings (SSSR count). The van der Waals surface area contributed by atoms with E-state index in [1.165, 1.54) is 0 Å². The van der Waals surface area contributed by atoms with Gasteiger partial charge in [-0.05, 0) is 70.4 Å². The normalized spacial score (nSPS) is 29.3. The van der Waals surface area contributed by atoms with E-state index in [-0.39, 0.29) is 34.4 Å². The first-order chi connectivity index (χ1) is 19.5. The number of fused-ring (bicyclic) bond motifs is 1. The number of hydrogen-bond acceptors (Lipinski definition) is 6. The van der Waals surface area contributed by atoms with Crippen molar-refractivity contribution in [3.8, 4) is 5.75 Å². The van der Waals surface area contributed by atoms with Crippen LogP contribution >= 0.6 is 27.7 Å². The van der Waals surface area contributed by atoms with Crippen molar-refractivity contribution >= 4 is 51.1 Å². The standard InChI is InChI=1S/C31H38BrN3O5S/c1-5-40-21-13-11-19(12-14-21)33-27(37)23-24-29(39)35(20(17-36)15-18-9-7-6-8-10-18)26(28(38)34-30(2,3)4)31(24)16-22(32)25(23)41-31/h6-14,20,22-26,36H,5,15-17H2,1-4H3,(H,33,37)(H,34,38)/t20-,22?,23-,24+,25-,26?,31?/m1/s1. The fourth-order valence-electron chi connectivity index (χ4n) is 6.66. The van der Waals surface area contributed by atoms with Crippen LogP contribution in [0, 0.1) is 11.8 Å². The molecule has 3 heterocycles. The van der Waals surface area contributed by atoms with Gasteiger partial charge in [0.2, 0.25) is 17.7 Å². The summed E-state index contributed by atoms with van der Waals surface area (Å²) in [5.41, 5.74) is 1.06. The number of nitrogens with one attached hydrogen (secondary N) is 2. The molecular weight excluding hydrogens is 606 g/mol. The van der Waals surface area contributed by atoms with E-state index < -0.39 is 34.2 Å². The molecule has 0 saturated carbocycles. The van der Waals surface area contributed by atoms with E-state index in [1.807, 2.05) is 58.0 Å². The van der Waals surface area contributed by atoms with E-state index in [9.17, 15) is 19.5 Å². The zero-order valence-electron chi connectivity index (χ0n) is 23.8. The number of anilines is 1. The second-order valence-corrected chi connectivity index (χ2v) is 14.8. The van der Waals surface area contributed by atoms with Gasteiger partial charge < -0.3 is 25.4 Å². The fraction of sp³-hybridized carbons (Fsp3) is 0.516. The Morgan fingerprint density at radius 1 is 1.15 bits per heavy atom. The smallest absolute Gasteiger partial charge is 0.244 e. The molecule has 2 aromatic carbocycles. The number of rotatable bonds is 9. The van der Waals surface area contributed by atoms with Crippen molar-refractivity contribution in [1.29, 1.82) is 0 Å². The molecule has 1 spiro atoms. The van der Waals surface area contributed by atoms with Crippen molar-refractivity contribution < 1.29 is 24.2 Å². The topological polar surface area (TPSA) is 108 Å². The van der Waals surface area contributed by atoms with E-state index in [2.05, 4.69) is 26.6 Å². The van der Waals surface area contributed by atoms with Crippen molar-refractivity contribution in [2.75, 3.05) is 18.5 Å². The summed E-state index contributed by atoms with van der Waals surface area (Å²) in [5, 5.41) is 16.5. The fourth-order valence-corrected chi connectivity index (χ4v) is 10.3. The molecule has 7 atom stereocenters. The molecule has 0 radical (unpaired) electrons. The first-order valence-electron chi connectivity index (χ1n) is 14.1. The molecule has 3 aliphatic rings. The first kappa shape index (κ1) is 29.9.